The summed E-state index contributed by atoms with van der Waals surface area (Å²) in [6, 6.07) is 4.82. The second kappa shape index (κ2) is 11.7. The van der Waals surface area contributed by atoms with E-state index in [9.17, 15) is 27.2 Å². The van der Waals surface area contributed by atoms with Crippen LogP contribution in [0.5, 0.6) is 0 Å². The summed E-state index contributed by atoms with van der Waals surface area (Å²) in [6.07, 6.45) is -0.666. The lowest BCUT2D eigenvalue weighted by Gasteiger charge is -2.39. The van der Waals surface area contributed by atoms with Gasteiger partial charge in [0.15, 0.2) is 0 Å². The van der Waals surface area contributed by atoms with E-state index in [4.69, 9.17) is 11.6 Å². The molecule has 0 spiro atoms. The van der Waals surface area contributed by atoms with Gasteiger partial charge < -0.3 is 5.32 Å². The Bertz CT molecular complexity index is 1230. The number of nitrogens with one attached hydrogen (secondary N) is 1. The number of anilines is 1. The molecule has 0 aliphatic carbocycles. The van der Waals surface area contributed by atoms with Crippen LogP contribution in [0.1, 0.15) is 24.4 Å². The number of nitrogens with zero attached hydrogens (tertiary/aromatic N) is 4. The molecule has 3 heterocycles. The third kappa shape index (κ3) is 6.30. The quantitative estimate of drug-likeness (QED) is 0.322. The van der Waals surface area contributed by atoms with Gasteiger partial charge in [0.25, 0.3) is 11.5 Å². The van der Waals surface area contributed by atoms with Crippen molar-refractivity contribution in [3.05, 3.63) is 65.4 Å². The summed E-state index contributed by atoms with van der Waals surface area (Å²) >= 11 is 7.07. The number of aromatic nitrogens is 2. The van der Waals surface area contributed by atoms with Crippen molar-refractivity contribution in [1.29, 1.82) is 0 Å². The minimum Gasteiger partial charge on any atom is -0.350 e. The SMILES string of the molecule is CN1CC(NC(=O)C(c2cncnc2)N(C(=O)C(F)Cl)c2ccc(-c3ccsc3)cc2)CCC1C(F)(F)F. The van der Waals surface area contributed by atoms with Gasteiger partial charge in [-0.3, -0.25) is 19.4 Å². The van der Waals surface area contributed by atoms with E-state index >= 15 is 0 Å². The molecule has 1 saturated heterocycles. The average Bonchev–Trinajstić information content (AvgIpc) is 3.42. The van der Waals surface area contributed by atoms with Gasteiger partial charge in [0.2, 0.25) is 5.91 Å². The Labute approximate surface area is 225 Å². The van der Waals surface area contributed by atoms with E-state index in [1.807, 2.05) is 16.8 Å². The van der Waals surface area contributed by atoms with Gasteiger partial charge in [-0.15, -0.1) is 0 Å². The van der Waals surface area contributed by atoms with Gasteiger partial charge >= 0.3 is 6.18 Å². The first kappa shape index (κ1) is 27.9. The predicted octanol–water partition coefficient (Wildman–Crippen LogP) is 4.96. The van der Waals surface area contributed by atoms with Gasteiger partial charge in [-0.2, -0.15) is 24.5 Å². The summed E-state index contributed by atoms with van der Waals surface area (Å²) < 4.78 is 54.1. The number of halogens is 5. The summed E-state index contributed by atoms with van der Waals surface area (Å²) in [5.41, 5.74) is -0.294. The number of benzene rings is 1. The van der Waals surface area contributed by atoms with Crippen LogP contribution in [0, 0.1) is 0 Å². The summed E-state index contributed by atoms with van der Waals surface area (Å²) in [6.45, 7) is -0.0571. The lowest BCUT2D eigenvalue weighted by atomic mass is 9.97. The van der Waals surface area contributed by atoms with Crippen LogP contribution < -0.4 is 10.2 Å². The van der Waals surface area contributed by atoms with E-state index in [0.29, 0.717) is 0 Å². The molecule has 4 rings (SSSR count). The Balaban J connectivity index is 1.65. The molecule has 1 fully saturated rings. The molecule has 2 aromatic heterocycles. The van der Waals surface area contributed by atoms with E-state index in [0.717, 1.165) is 20.9 Å². The molecule has 2 amide bonds. The largest absolute Gasteiger partial charge is 0.404 e. The molecule has 4 unspecified atom stereocenters. The Morgan fingerprint density at radius 1 is 1.13 bits per heavy atom. The summed E-state index contributed by atoms with van der Waals surface area (Å²) in [7, 11) is 1.34. The van der Waals surface area contributed by atoms with E-state index in [2.05, 4.69) is 15.3 Å². The van der Waals surface area contributed by atoms with Crippen molar-refractivity contribution < 1.29 is 27.2 Å². The molecule has 38 heavy (non-hydrogen) atoms. The Hall–Kier alpha value is -3.09. The number of carbonyl (C=O) groups excluding carboxylic acids is 2. The molecule has 4 atom stereocenters. The van der Waals surface area contributed by atoms with Crippen LogP contribution in [0.4, 0.5) is 23.2 Å². The molecule has 3 aromatic rings. The van der Waals surface area contributed by atoms with Crippen molar-refractivity contribution in [2.75, 3.05) is 18.5 Å². The number of rotatable bonds is 7. The third-order valence-corrected chi connectivity index (χ3v) is 7.25. The highest BCUT2D eigenvalue weighted by atomic mass is 35.5. The summed E-state index contributed by atoms with van der Waals surface area (Å²) in [5.74, 6) is -1.91. The molecular formula is C25H24ClF4N5O2S. The van der Waals surface area contributed by atoms with E-state index in [1.165, 1.54) is 37.1 Å². The minimum atomic E-state index is -4.39. The van der Waals surface area contributed by atoms with Crippen molar-refractivity contribution in [3.8, 4) is 11.1 Å². The number of likely N-dealkylation sites (N-methyl/N-ethyl adjacent to an activating group) is 1. The van der Waals surface area contributed by atoms with Gasteiger partial charge in [0.05, 0.1) is 0 Å². The maximum absolute atomic E-state index is 14.2. The molecule has 13 heteroatoms. The first-order valence-electron chi connectivity index (χ1n) is 11.6. The zero-order valence-electron chi connectivity index (χ0n) is 20.1. The third-order valence-electron chi connectivity index (χ3n) is 6.38. The van der Waals surface area contributed by atoms with Crippen molar-refractivity contribution in [2.45, 2.75) is 42.8 Å². The fourth-order valence-electron chi connectivity index (χ4n) is 4.58. The van der Waals surface area contributed by atoms with Gasteiger partial charge in [0.1, 0.15) is 18.4 Å². The molecule has 7 nitrogen and oxygen atoms in total. The smallest absolute Gasteiger partial charge is 0.350 e. The zero-order chi connectivity index (χ0) is 27.4. The van der Waals surface area contributed by atoms with Gasteiger partial charge in [-0.05, 0) is 60.0 Å². The molecule has 202 valence electrons. The molecule has 0 saturated carbocycles. The van der Waals surface area contributed by atoms with Crippen molar-refractivity contribution >= 4 is 40.4 Å². The fraction of sp³-hybridized carbons (Fsp3) is 0.360. The normalized spacial score (nSPS) is 19.9. The summed E-state index contributed by atoms with van der Waals surface area (Å²) in [5, 5.41) is 6.59. The zero-order valence-corrected chi connectivity index (χ0v) is 21.7. The molecular weight excluding hydrogens is 546 g/mol. The molecule has 0 bridgehead atoms. The van der Waals surface area contributed by atoms with E-state index in [1.54, 1.807) is 24.3 Å². The first-order chi connectivity index (χ1) is 18.1. The van der Waals surface area contributed by atoms with Crippen LogP contribution in [-0.2, 0) is 9.59 Å². The second-order valence-electron chi connectivity index (χ2n) is 8.92. The lowest BCUT2D eigenvalue weighted by molar-refractivity contribution is -0.188. The monoisotopic (exact) mass is 569 g/mol. The first-order valence-corrected chi connectivity index (χ1v) is 13.0. The maximum atomic E-state index is 14.2. The molecule has 0 radical (unpaired) electrons. The van der Waals surface area contributed by atoms with E-state index < -0.39 is 41.7 Å². The highest BCUT2D eigenvalue weighted by Gasteiger charge is 2.45. The standard InChI is InChI=1S/C25H24ClF4N5O2S/c1-34-12-18(4-7-20(34)25(28,29)30)33-23(36)21(17-10-31-14-32-11-17)35(24(37)22(26)27)19-5-2-15(3-6-19)16-8-9-38-13-16/h2-3,5-6,8-11,13-14,18,20-22H,4,7,12H2,1H3,(H,33,36). The number of alkyl halides is 5. The predicted molar refractivity (Wildman–Crippen MR) is 136 cm³/mol. The molecule has 1 N–H and O–H groups in total. The van der Waals surface area contributed by atoms with Crippen LogP contribution in [0.3, 0.4) is 0 Å². The van der Waals surface area contributed by atoms with Crippen LogP contribution in [0.2, 0.25) is 0 Å². The number of hydrogen-bond donors (Lipinski definition) is 1. The maximum Gasteiger partial charge on any atom is 0.404 e. The number of piperidine rings is 1. The highest BCUT2D eigenvalue weighted by Crippen LogP contribution is 2.33. The lowest BCUT2D eigenvalue weighted by Crippen LogP contribution is -2.56. The van der Waals surface area contributed by atoms with Gasteiger partial charge in [0, 0.05) is 36.2 Å². The molecule has 1 aliphatic heterocycles. The van der Waals surface area contributed by atoms with Crippen LogP contribution in [0.25, 0.3) is 11.1 Å². The Morgan fingerprint density at radius 3 is 2.37 bits per heavy atom. The summed E-state index contributed by atoms with van der Waals surface area (Å²) in [4.78, 5) is 36.6. The van der Waals surface area contributed by atoms with Crippen LogP contribution in [-0.4, -0.2) is 64.2 Å². The number of carbonyl (C=O) groups is 2. The molecule has 1 aromatic carbocycles. The number of likely N-dealkylation sites (tertiary alicyclic amines) is 1. The van der Waals surface area contributed by atoms with Crippen LogP contribution in [0.15, 0.2) is 59.8 Å². The number of hydrogen-bond acceptors (Lipinski definition) is 6. The van der Waals surface area contributed by atoms with Gasteiger partial charge in [-0.25, -0.2) is 14.4 Å². The molecule has 1 aliphatic rings. The van der Waals surface area contributed by atoms with Crippen molar-refractivity contribution in [1.82, 2.24) is 20.2 Å². The topological polar surface area (TPSA) is 78.4 Å². The minimum absolute atomic E-state index is 0.0571. The number of thiophene rings is 1. The second-order valence-corrected chi connectivity index (χ2v) is 10.1. The van der Waals surface area contributed by atoms with E-state index in [-0.39, 0.29) is 30.6 Å². The highest BCUT2D eigenvalue weighted by molar-refractivity contribution is 7.08. The van der Waals surface area contributed by atoms with Crippen molar-refractivity contribution in [2.24, 2.45) is 0 Å². The Kier molecular flexibility index (Phi) is 8.64. The number of amides is 2. The van der Waals surface area contributed by atoms with Gasteiger partial charge in [-0.1, -0.05) is 23.7 Å². The Morgan fingerprint density at radius 2 is 1.82 bits per heavy atom. The van der Waals surface area contributed by atoms with Crippen molar-refractivity contribution in [3.63, 3.8) is 0 Å². The average molecular weight is 570 g/mol. The fourth-order valence-corrected chi connectivity index (χ4v) is 5.35. The van der Waals surface area contributed by atoms with Crippen LogP contribution >= 0.6 is 22.9 Å².